The van der Waals surface area contributed by atoms with E-state index in [1.54, 1.807) is 0 Å². The van der Waals surface area contributed by atoms with E-state index in [0.29, 0.717) is 12.1 Å². The predicted molar refractivity (Wildman–Crippen MR) is 83.4 cm³/mol. The summed E-state index contributed by atoms with van der Waals surface area (Å²) >= 11 is 0. The fourth-order valence-electron chi connectivity index (χ4n) is 4.50. The van der Waals surface area contributed by atoms with Crippen LogP contribution in [0.25, 0.3) is 0 Å². The number of nitrogens with two attached hydrogens (primary N) is 1. The van der Waals surface area contributed by atoms with Crippen LogP contribution in [0.3, 0.4) is 0 Å². The molecular weight excluding hydrogens is 266 g/mol. The highest BCUT2D eigenvalue weighted by molar-refractivity contribution is 5.01. The zero-order valence-corrected chi connectivity index (χ0v) is 13.4. The van der Waals surface area contributed by atoms with Gasteiger partial charge in [-0.25, -0.2) is 0 Å². The smallest absolute Gasteiger partial charge is 0.0594 e. The Kier molecular flexibility index (Phi) is 5.17. The third-order valence-corrected chi connectivity index (χ3v) is 5.89. The number of hydrogen-bond donors (Lipinski definition) is 1. The van der Waals surface area contributed by atoms with Crippen molar-refractivity contribution in [2.24, 2.45) is 5.73 Å². The van der Waals surface area contributed by atoms with Crippen LogP contribution in [-0.2, 0) is 9.47 Å². The van der Waals surface area contributed by atoms with Crippen molar-refractivity contribution >= 4 is 0 Å². The van der Waals surface area contributed by atoms with E-state index >= 15 is 0 Å². The molecule has 2 N–H and O–H groups in total. The first-order valence-corrected chi connectivity index (χ1v) is 8.57. The zero-order valence-electron chi connectivity index (χ0n) is 13.4. The van der Waals surface area contributed by atoms with Gasteiger partial charge in [-0.2, -0.15) is 0 Å². The summed E-state index contributed by atoms with van der Waals surface area (Å²) in [6.07, 6.45) is 6.45. The summed E-state index contributed by atoms with van der Waals surface area (Å²) in [6, 6.07) is 0.695. The van der Waals surface area contributed by atoms with Gasteiger partial charge in [-0.1, -0.05) is 0 Å². The van der Waals surface area contributed by atoms with Crippen molar-refractivity contribution in [1.29, 1.82) is 0 Å². The number of rotatable bonds is 4. The number of ether oxygens (including phenoxy) is 2. The average Bonchev–Trinajstić information content (AvgIpc) is 3.06. The van der Waals surface area contributed by atoms with Crippen molar-refractivity contribution in [2.75, 3.05) is 53.0 Å². The van der Waals surface area contributed by atoms with E-state index in [1.807, 2.05) is 7.11 Å². The maximum Gasteiger partial charge on any atom is 0.0594 e. The van der Waals surface area contributed by atoms with Gasteiger partial charge in [-0.05, 0) is 32.1 Å². The van der Waals surface area contributed by atoms with Crippen LogP contribution in [0.2, 0.25) is 0 Å². The number of morpholine rings is 1. The monoisotopic (exact) mass is 297 g/mol. The molecule has 0 spiro atoms. The molecule has 0 bridgehead atoms. The van der Waals surface area contributed by atoms with E-state index in [2.05, 4.69) is 9.80 Å². The molecule has 21 heavy (non-hydrogen) atoms. The molecule has 1 saturated carbocycles. The molecule has 0 radical (unpaired) electrons. The largest absolute Gasteiger partial charge is 0.381 e. The van der Waals surface area contributed by atoms with Crippen molar-refractivity contribution in [3.8, 4) is 0 Å². The highest BCUT2D eigenvalue weighted by Crippen LogP contribution is 2.37. The van der Waals surface area contributed by atoms with E-state index in [9.17, 15) is 0 Å². The highest BCUT2D eigenvalue weighted by atomic mass is 16.5. The van der Waals surface area contributed by atoms with Gasteiger partial charge >= 0.3 is 0 Å². The van der Waals surface area contributed by atoms with Crippen LogP contribution in [0, 0.1) is 0 Å². The summed E-state index contributed by atoms with van der Waals surface area (Å²) in [5.74, 6) is 0. The van der Waals surface area contributed by atoms with Crippen molar-refractivity contribution < 1.29 is 9.47 Å². The molecule has 0 aromatic rings. The second-order valence-corrected chi connectivity index (χ2v) is 6.92. The van der Waals surface area contributed by atoms with Gasteiger partial charge in [0.2, 0.25) is 0 Å². The maximum atomic E-state index is 6.23. The Labute approximate surface area is 128 Å². The summed E-state index contributed by atoms with van der Waals surface area (Å²) in [5.41, 5.74) is 6.41. The Bertz CT molecular complexity index is 335. The first-order valence-electron chi connectivity index (χ1n) is 8.57. The quantitative estimate of drug-likeness (QED) is 0.827. The van der Waals surface area contributed by atoms with Crippen LogP contribution in [0.5, 0.6) is 0 Å². The van der Waals surface area contributed by atoms with Crippen LogP contribution in [-0.4, -0.2) is 80.5 Å². The molecule has 0 amide bonds. The summed E-state index contributed by atoms with van der Waals surface area (Å²) < 4.78 is 11.1. The SMILES string of the molecule is COC1CCCC(CN)(N2CCC(N3CCOCC3)C2)C1. The van der Waals surface area contributed by atoms with Gasteiger partial charge < -0.3 is 15.2 Å². The molecular formula is C16H31N3O2. The minimum Gasteiger partial charge on any atom is -0.381 e. The Morgan fingerprint density at radius 2 is 2.05 bits per heavy atom. The lowest BCUT2D eigenvalue weighted by Gasteiger charge is -2.46. The maximum absolute atomic E-state index is 6.23. The predicted octanol–water partition coefficient (Wildman–Crippen LogP) is 0.679. The fourth-order valence-corrected chi connectivity index (χ4v) is 4.50. The fraction of sp³-hybridized carbons (Fsp3) is 1.00. The van der Waals surface area contributed by atoms with Crippen LogP contribution >= 0.6 is 0 Å². The second kappa shape index (κ2) is 6.92. The van der Waals surface area contributed by atoms with E-state index in [1.165, 1.54) is 38.8 Å². The molecule has 122 valence electrons. The van der Waals surface area contributed by atoms with Crippen LogP contribution in [0.15, 0.2) is 0 Å². The van der Waals surface area contributed by atoms with Gasteiger partial charge in [-0.15, -0.1) is 0 Å². The Morgan fingerprint density at radius 3 is 2.76 bits per heavy atom. The molecule has 2 aliphatic heterocycles. The minimum absolute atomic E-state index is 0.181. The van der Waals surface area contributed by atoms with Gasteiger partial charge in [0.15, 0.2) is 0 Å². The number of hydrogen-bond acceptors (Lipinski definition) is 5. The molecule has 0 aromatic heterocycles. The molecule has 3 fully saturated rings. The normalized spacial score (nSPS) is 39.7. The molecule has 2 saturated heterocycles. The number of nitrogens with zero attached hydrogens (tertiary/aromatic N) is 2. The lowest BCUT2D eigenvalue weighted by atomic mass is 9.79. The molecule has 0 aromatic carbocycles. The van der Waals surface area contributed by atoms with Gasteiger partial charge in [0.25, 0.3) is 0 Å². The lowest BCUT2D eigenvalue weighted by molar-refractivity contribution is -0.0199. The molecule has 2 heterocycles. The van der Waals surface area contributed by atoms with E-state index in [-0.39, 0.29) is 5.54 Å². The third kappa shape index (κ3) is 3.27. The van der Waals surface area contributed by atoms with Crippen LogP contribution in [0.4, 0.5) is 0 Å². The first kappa shape index (κ1) is 15.7. The number of methoxy groups -OCH3 is 1. The zero-order chi connectivity index (χ0) is 14.7. The van der Waals surface area contributed by atoms with Crippen LogP contribution < -0.4 is 5.73 Å². The van der Waals surface area contributed by atoms with Crippen molar-refractivity contribution in [2.45, 2.75) is 49.8 Å². The second-order valence-electron chi connectivity index (χ2n) is 6.92. The van der Waals surface area contributed by atoms with Gasteiger partial charge in [0.1, 0.15) is 0 Å². The van der Waals surface area contributed by atoms with Gasteiger partial charge in [-0.3, -0.25) is 9.80 Å². The standard InChI is InChI=1S/C16H31N3O2/c1-20-15-3-2-5-16(11-15,13-17)19-6-4-14(12-19)18-7-9-21-10-8-18/h14-15H,2-13,17H2,1H3. The van der Waals surface area contributed by atoms with Gasteiger partial charge in [0, 0.05) is 51.4 Å². The van der Waals surface area contributed by atoms with E-state index in [4.69, 9.17) is 15.2 Å². The average molecular weight is 297 g/mol. The number of likely N-dealkylation sites (tertiary alicyclic amines) is 1. The molecule has 5 heteroatoms. The molecule has 3 unspecified atom stereocenters. The van der Waals surface area contributed by atoms with Crippen LogP contribution in [0.1, 0.15) is 32.1 Å². The molecule has 1 aliphatic carbocycles. The Balaban J connectivity index is 1.62. The Morgan fingerprint density at radius 1 is 1.24 bits per heavy atom. The van der Waals surface area contributed by atoms with E-state index in [0.717, 1.165) is 39.3 Å². The van der Waals surface area contributed by atoms with Gasteiger partial charge in [0.05, 0.1) is 19.3 Å². The molecule has 3 aliphatic rings. The van der Waals surface area contributed by atoms with Crippen molar-refractivity contribution in [3.05, 3.63) is 0 Å². The summed E-state index contributed by atoms with van der Waals surface area (Å²) in [4.78, 5) is 5.29. The first-order chi connectivity index (χ1) is 10.3. The lowest BCUT2D eigenvalue weighted by Crippen LogP contribution is -2.57. The van der Waals surface area contributed by atoms with Crippen molar-refractivity contribution in [1.82, 2.24) is 9.80 Å². The van der Waals surface area contributed by atoms with E-state index < -0.39 is 0 Å². The Hall–Kier alpha value is -0.200. The molecule has 5 nitrogen and oxygen atoms in total. The summed E-state index contributed by atoms with van der Waals surface area (Å²) in [7, 11) is 1.85. The summed E-state index contributed by atoms with van der Waals surface area (Å²) in [6.45, 7) is 7.10. The molecule has 3 atom stereocenters. The minimum atomic E-state index is 0.181. The highest BCUT2D eigenvalue weighted by Gasteiger charge is 2.44. The summed E-state index contributed by atoms with van der Waals surface area (Å²) in [5, 5.41) is 0. The van der Waals surface area contributed by atoms with Crippen molar-refractivity contribution in [3.63, 3.8) is 0 Å². The molecule has 3 rings (SSSR count). The third-order valence-electron chi connectivity index (χ3n) is 5.89. The topological polar surface area (TPSA) is 51.0 Å².